The fourth-order valence-electron chi connectivity index (χ4n) is 3.36. The van der Waals surface area contributed by atoms with Gasteiger partial charge in [0.2, 0.25) is 5.79 Å². The van der Waals surface area contributed by atoms with E-state index in [2.05, 4.69) is 10.6 Å². The SMILES string of the molecule is CC1(C)Oc2ccc(NC(=O)N[C@H]3c4ccccc4C[C@H]3O)cc2O1. The lowest BCUT2D eigenvalue weighted by Crippen LogP contribution is -2.36. The highest BCUT2D eigenvalue weighted by molar-refractivity contribution is 5.90. The number of carbonyl (C=O) groups excluding carboxylic acids is 1. The van der Waals surface area contributed by atoms with Crippen LogP contribution in [0.3, 0.4) is 0 Å². The Morgan fingerprint density at radius 3 is 2.76 bits per heavy atom. The minimum absolute atomic E-state index is 0.376. The van der Waals surface area contributed by atoms with Crippen molar-refractivity contribution in [2.75, 3.05) is 5.32 Å². The van der Waals surface area contributed by atoms with Crippen molar-refractivity contribution in [1.82, 2.24) is 5.32 Å². The van der Waals surface area contributed by atoms with Gasteiger partial charge in [0.15, 0.2) is 11.5 Å². The molecule has 25 heavy (non-hydrogen) atoms. The summed E-state index contributed by atoms with van der Waals surface area (Å²) in [5, 5.41) is 15.9. The number of nitrogens with one attached hydrogen (secondary N) is 2. The molecule has 0 radical (unpaired) electrons. The molecule has 1 aliphatic carbocycles. The highest BCUT2D eigenvalue weighted by atomic mass is 16.7. The van der Waals surface area contributed by atoms with Crippen molar-refractivity contribution in [2.45, 2.75) is 38.2 Å². The molecule has 1 heterocycles. The second-order valence-corrected chi connectivity index (χ2v) is 6.81. The summed E-state index contributed by atoms with van der Waals surface area (Å²) >= 11 is 0. The predicted octanol–water partition coefficient (Wildman–Crippen LogP) is 2.97. The lowest BCUT2D eigenvalue weighted by atomic mass is 10.1. The number of ether oxygens (including phenoxy) is 2. The van der Waals surface area contributed by atoms with Crippen LogP contribution in [0.25, 0.3) is 0 Å². The third-order valence-corrected chi connectivity index (χ3v) is 4.40. The highest BCUT2D eigenvalue weighted by Gasteiger charge is 2.33. The van der Waals surface area contributed by atoms with E-state index in [1.165, 1.54) is 0 Å². The zero-order valence-corrected chi connectivity index (χ0v) is 14.1. The lowest BCUT2D eigenvalue weighted by molar-refractivity contribution is -0.0431. The lowest BCUT2D eigenvalue weighted by Gasteiger charge is -2.18. The van der Waals surface area contributed by atoms with Gasteiger partial charge in [0, 0.05) is 32.0 Å². The number of urea groups is 1. The van der Waals surface area contributed by atoms with Gasteiger partial charge in [-0.05, 0) is 23.3 Å². The molecule has 0 aromatic heterocycles. The molecule has 130 valence electrons. The molecule has 2 aromatic rings. The maximum Gasteiger partial charge on any atom is 0.319 e. The minimum atomic E-state index is -0.707. The molecular formula is C19H20N2O4. The Hall–Kier alpha value is -2.73. The average molecular weight is 340 g/mol. The number of aliphatic hydroxyl groups is 1. The normalized spacial score (nSPS) is 22.4. The van der Waals surface area contributed by atoms with Crippen LogP contribution in [0.4, 0.5) is 10.5 Å². The summed E-state index contributed by atoms with van der Waals surface area (Å²) in [6.45, 7) is 3.65. The molecule has 0 saturated heterocycles. The van der Waals surface area contributed by atoms with E-state index in [-0.39, 0.29) is 6.03 Å². The smallest absolute Gasteiger partial charge is 0.319 e. The van der Waals surface area contributed by atoms with Crippen molar-refractivity contribution in [3.63, 3.8) is 0 Å². The zero-order chi connectivity index (χ0) is 17.6. The van der Waals surface area contributed by atoms with Crippen molar-refractivity contribution in [1.29, 1.82) is 0 Å². The van der Waals surface area contributed by atoms with Gasteiger partial charge in [0.25, 0.3) is 0 Å². The van der Waals surface area contributed by atoms with Gasteiger partial charge in [-0.1, -0.05) is 24.3 Å². The van der Waals surface area contributed by atoms with Crippen molar-refractivity contribution in [3.05, 3.63) is 53.6 Å². The Morgan fingerprint density at radius 1 is 1.16 bits per heavy atom. The minimum Gasteiger partial charge on any atom is -0.449 e. The van der Waals surface area contributed by atoms with Crippen molar-refractivity contribution >= 4 is 11.7 Å². The number of fused-ring (bicyclic) bond motifs is 2. The zero-order valence-electron chi connectivity index (χ0n) is 14.1. The second-order valence-electron chi connectivity index (χ2n) is 6.81. The summed E-state index contributed by atoms with van der Waals surface area (Å²) in [5.41, 5.74) is 2.61. The van der Waals surface area contributed by atoms with E-state index < -0.39 is 17.9 Å². The molecule has 0 unspecified atom stereocenters. The Balaban J connectivity index is 1.45. The van der Waals surface area contributed by atoms with E-state index in [9.17, 15) is 9.90 Å². The van der Waals surface area contributed by atoms with Crippen LogP contribution in [0.2, 0.25) is 0 Å². The Labute approximate surface area is 145 Å². The molecule has 0 fully saturated rings. The molecule has 2 atom stereocenters. The predicted molar refractivity (Wildman–Crippen MR) is 92.8 cm³/mol. The van der Waals surface area contributed by atoms with E-state index in [0.29, 0.717) is 23.6 Å². The Bertz CT molecular complexity index is 834. The first-order chi connectivity index (χ1) is 11.9. The Morgan fingerprint density at radius 2 is 1.92 bits per heavy atom. The van der Waals surface area contributed by atoms with Gasteiger partial charge < -0.3 is 25.2 Å². The summed E-state index contributed by atoms with van der Waals surface area (Å²) in [4.78, 5) is 12.3. The van der Waals surface area contributed by atoms with Gasteiger partial charge >= 0.3 is 6.03 Å². The fourth-order valence-corrected chi connectivity index (χ4v) is 3.36. The van der Waals surface area contributed by atoms with Crippen LogP contribution >= 0.6 is 0 Å². The van der Waals surface area contributed by atoms with Crippen LogP contribution in [0.1, 0.15) is 31.0 Å². The quantitative estimate of drug-likeness (QED) is 0.785. The first kappa shape index (κ1) is 15.8. The van der Waals surface area contributed by atoms with Crippen LogP contribution in [0, 0.1) is 0 Å². The van der Waals surface area contributed by atoms with Gasteiger partial charge in [-0.3, -0.25) is 0 Å². The standard InChI is InChI=1S/C19H20N2O4/c1-19(2)24-15-8-7-12(10-16(15)25-19)20-18(23)21-17-13-6-4-3-5-11(13)9-14(17)22/h3-8,10,14,17,22H,9H2,1-2H3,(H2,20,21,23)/t14-,17+/m1/s1. The molecule has 3 N–H and O–H groups in total. The molecular weight excluding hydrogens is 320 g/mol. The molecule has 6 nitrogen and oxygen atoms in total. The molecule has 1 aliphatic heterocycles. The number of anilines is 1. The second kappa shape index (κ2) is 5.67. The van der Waals surface area contributed by atoms with Gasteiger partial charge in [-0.2, -0.15) is 0 Å². The first-order valence-corrected chi connectivity index (χ1v) is 8.27. The molecule has 4 rings (SSSR count). The Kier molecular flexibility index (Phi) is 3.58. The number of hydrogen-bond acceptors (Lipinski definition) is 4. The van der Waals surface area contributed by atoms with Crippen LogP contribution < -0.4 is 20.1 Å². The summed E-state index contributed by atoms with van der Waals surface area (Å²) in [6.07, 6.45) is -0.0825. The van der Waals surface area contributed by atoms with Crippen LogP contribution in [-0.2, 0) is 6.42 Å². The van der Waals surface area contributed by atoms with Gasteiger partial charge in [0.1, 0.15) is 0 Å². The average Bonchev–Trinajstić information content (AvgIpc) is 3.02. The molecule has 6 heteroatoms. The van der Waals surface area contributed by atoms with Gasteiger partial charge in [0.05, 0.1) is 12.1 Å². The summed E-state index contributed by atoms with van der Waals surface area (Å²) in [7, 11) is 0. The summed E-state index contributed by atoms with van der Waals surface area (Å²) in [5.74, 6) is 0.533. The van der Waals surface area contributed by atoms with E-state index in [1.807, 2.05) is 38.1 Å². The third-order valence-electron chi connectivity index (χ3n) is 4.40. The topological polar surface area (TPSA) is 79.8 Å². The molecule has 2 aliphatic rings. The maximum atomic E-state index is 12.3. The van der Waals surface area contributed by atoms with Gasteiger partial charge in [-0.25, -0.2) is 4.79 Å². The monoisotopic (exact) mass is 340 g/mol. The molecule has 0 spiro atoms. The largest absolute Gasteiger partial charge is 0.449 e. The van der Waals surface area contributed by atoms with Crippen molar-refractivity contribution in [3.8, 4) is 11.5 Å². The molecule has 2 amide bonds. The van der Waals surface area contributed by atoms with E-state index in [4.69, 9.17) is 9.47 Å². The number of carbonyl (C=O) groups is 1. The van der Waals surface area contributed by atoms with Crippen LogP contribution in [0.15, 0.2) is 42.5 Å². The summed E-state index contributed by atoms with van der Waals surface area (Å²) < 4.78 is 11.3. The highest BCUT2D eigenvalue weighted by Crippen LogP contribution is 2.40. The molecule has 0 bridgehead atoms. The van der Waals surface area contributed by atoms with Crippen molar-refractivity contribution < 1.29 is 19.4 Å². The number of benzene rings is 2. The van der Waals surface area contributed by atoms with Crippen LogP contribution in [0.5, 0.6) is 11.5 Å². The summed E-state index contributed by atoms with van der Waals surface area (Å²) in [6, 6.07) is 12.2. The third kappa shape index (κ3) is 3.00. The van der Waals surface area contributed by atoms with Crippen LogP contribution in [-0.4, -0.2) is 23.0 Å². The first-order valence-electron chi connectivity index (χ1n) is 8.27. The maximum absolute atomic E-state index is 12.3. The van der Waals surface area contributed by atoms with E-state index >= 15 is 0 Å². The van der Waals surface area contributed by atoms with E-state index in [0.717, 1.165) is 11.1 Å². The fraction of sp³-hybridized carbons (Fsp3) is 0.316. The number of aliphatic hydroxyl groups excluding tert-OH is 1. The molecule has 2 aromatic carbocycles. The van der Waals surface area contributed by atoms with Gasteiger partial charge in [-0.15, -0.1) is 0 Å². The number of amides is 2. The van der Waals surface area contributed by atoms with Crippen molar-refractivity contribution in [2.24, 2.45) is 0 Å². The molecule has 0 saturated carbocycles. The number of rotatable bonds is 2. The van der Waals surface area contributed by atoms with E-state index in [1.54, 1.807) is 18.2 Å². The number of hydrogen-bond donors (Lipinski definition) is 3.